The van der Waals surface area contributed by atoms with Gasteiger partial charge in [0, 0.05) is 31.6 Å². The van der Waals surface area contributed by atoms with E-state index >= 15 is 0 Å². The third kappa shape index (κ3) is 3.74. The van der Waals surface area contributed by atoms with Gasteiger partial charge in [-0.2, -0.15) is 13.2 Å². The molecule has 2 atom stereocenters. The van der Waals surface area contributed by atoms with Crippen molar-refractivity contribution in [1.29, 1.82) is 0 Å². The van der Waals surface area contributed by atoms with Crippen LogP contribution in [0.3, 0.4) is 0 Å². The summed E-state index contributed by atoms with van der Waals surface area (Å²) < 4.78 is 37.9. The van der Waals surface area contributed by atoms with Crippen LogP contribution in [0.5, 0.6) is 0 Å². The molecule has 1 heterocycles. The molecule has 1 saturated heterocycles. The first-order valence-electron chi connectivity index (χ1n) is 7.62. The van der Waals surface area contributed by atoms with Gasteiger partial charge in [-0.25, -0.2) is 0 Å². The fourth-order valence-corrected chi connectivity index (χ4v) is 3.16. The molecule has 0 spiro atoms. The van der Waals surface area contributed by atoms with E-state index in [9.17, 15) is 13.2 Å². The maximum absolute atomic E-state index is 12.6. The molecule has 3 rings (SSSR count). The number of hydrogen-bond donors (Lipinski definition) is 1. The fraction of sp³-hybridized carbons (Fsp3) is 0.333. The molecule has 1 fully saturated rings. The number of alkyl halides is 3. The summed E-state index contributed by atoms with van der Waals surface area (Å²) in [7, 11) is 0. The topological polar surface area (TPSA) is 29.3 Å². The molecule has 0 aliphatic carbocycles. The summed E-state index contributed by atoms with van der Waals surface area (Å²) in [5.74, 6) is 0.0704. The number of hydrogen-bond acceptors (Lipinski definition) is 2. The lowest BCUT2D eigenvalue weighted by Gasteiger charge is -2.17. The highest BCUT2D eigenvalue weighted by molar-refractivity contribution is 5.29. The minimum Gasteiger partial charge on any atom is -0.326 e. The second-order valence-corrected chi connectivity index (χ2v) is 6.07. The van der Waals surface area contributed by atoms with Gasteiger partial charge in [0.15, 0.2) is 0 Å². The van der Waals surface area contributed by atoms with Crippen LogP contribution in [0.25, 0.3) is 0 Å². The van der Waals surface area contributed by atoms with Gasteiger partial charge >= 0.3 is 6.18 Å². The standard InChI is InChI=1S/C18H19F3N2/c19-18(20,21)15-8-6-14(7-9-15)16-11-23(12-17(16)22)10-13-4-2-1-3-5-13/h1-9,16-17H,10-12,22H2/t16-,17+/m1/s1. The minimum absolute atomic E-state index is 0.0598. The first-order valence-corrected chi connectivity index (χ1v) is 7.62. The number of likely N-dealkylation sites (tertiary alicyclic amines) is 1. The molecule has 2 N–H and O–H groups in total. The monoisotopic (exact) mass is 320 g/mol. The molecule has 0 radical (unpaired) electrons. The van der Waals surface area contributed by atoms with Gasteiger partial charge in [-0.05, 0) is 23.3 Å². The molecule has 2 nitrogen and oxygen atoms in total. The Kier molecular flexibility index (Phi) is 4.41. The molecular formula is C18H19F3N2. The van der Waals surface area contributed by atoms with Crippen LogP contribution >= 0.6 is 0 Å². The summed E-state index contributed by atoms with van der Waals surface area (Å²) in [6.07, 6.45) is -4.30. The molecule has 122 valence electrons. The number of nitrogens with zero attached hydrogens (tertiary/aromatic N) is 1. The van der Waals surface area contributed by atoms with Crippen molar-refractivity contribution in [2.24, 2.45) is 5.73 Å². The van der Waals surface area contributed by atoms with E-state index in [0.717, 1.165) is 37.3 Å². The minimum atomic E-state index is -4.30. The molecule has 1 aliphatic rings. The Morgan fingerprint density at radius 1 is 0.957 bits per heavy atom. The molecule has 0 bridgehead atoms. The molecule has 5 heteroatoms. The summed E-state index contributed by atoms with van der Waals surface area (Å²) in [4.78, 5) is 2.25. The highest BCUT2D eigenvalue weighted by Gasteiger charge is 2.33. The van der Waals surface area contributed by atoms with E-state index in [2.05, 4.69) is 17.0 Å². The van der Waals surface area contributed by atoms with E-state index < -0.39 is 11.7 Å². The maximum atomic E-state index is 12.6. The van der Waals surface area contributed by atoms with Gasteiger partial charge < -0.3 is 5.73 Å². The highest BCUT2D eigenvalue weighted by atomic mass is 19.4. The van der Waals surface area contributed by atoms with Crippen LogP contribution in [0.1, 0.15) is 22.6 Å². The largest absolute Gasteiger partial charge is 0.416 e. The summed E-state index contributed by atoms with van der Waals surface area (Å²) >= 11 is 0. The van der Waals surface area contributed by atoms with Crippen molar-refractivity contribution in [2.75, 3.05) is 13.1 Å². The third-order valence-corrected chi connectivity index (χ3v) is 4.36. The number of halogens is 3. The normalized spacial score (nSPS) is 22.4. The van der Waals surface area contributed by atoms with Crippen molar-refractivity contribution in [1.82, 2.24) is 4.90 Å². The molecule has 0 unspecified atom stereocenters. The highest BCUT2D eigenvalue weighted by Crippen LogP contribution is 2.32. The van der Waals surface area contributed by atoms with Gasteiger partial charge in [0.1, 0.15) is 0 Å². The van der Waals surface area contributed by atoms with Crippen molar-refractivity contribution in [3.8, 4) is 0 Å². The molecular weight excluding hydrogens is 301 g/mol. The average molecular weight is 320 g/mol. The molecule has 2 aromatic carbocycles. The van der Waals surface area contributed by atoms with Crippen molar-refractivity contribution in [3.05, 3.63) is 71.3 Å². The SMILES string of the molecule is N[C@H]1CN(Cc2ccccc2)C[C@@H]1c1ccc(C(F)(F)F)cc1. The van der Waals surface area contributed by atoms with Gasteiger partial charge in [-0.1, -0.05) is 42.5 Å². The molecule has 1 aliphatic heterocycles. The number of nitrogens with two attached hydrogens (primary N) is 1. The predicted octanol–water partition coefficient (Wildman–Crippen LogP) is 3.63. The smallest absolute Gasteiger partial charge is 0.326 e. The Morgan fingerprint density at radius 2 is 1.61 bits per heavy atom. The second kappa shape index (κ2) is 6.34. The lowest BCUT2D eigenvalue weighted by atomic mass is 9.94. The molecule has 0 amide bonds. The van der Waals surface area contributed by atoms with Crippen molar-refractivity contribution in [2.45, 2.75) is 24.7 Å². The summed E-state index contributed by atoms with van der Waals surface area (Å²) in [5, 5.41) is 0. The van der Waals surface area contributed by atoms with Crippen LogP contribution < -0.4 is 5.73 Å². The molecule has 0 aromatic heterocycles. The Labute approximate surface area is 133 Å². The summed E-state index contributed by atoms with van der Waals surface area (Å²) in [5.41, 5.74) is 7.69. The molecule has 0 saturated carbocycles. The number of benzene rings is 2. The zero-order valence-corrected chi connectivity index (χ0v) is 12.6. The lowest BCUT2D eigenvalue weighted by Crippen LogP contribution is -2.28. The van der Waals surface area contributed by atoms with Crippen LogP contribution in [0.2, 0.25) is 0 Å². The van der Waals surface area contributed by atoms with E-state index in [0.29, 0.717) is 0 Å². The average Bonchev–Trinajstić information content (AvgIpc) is 2.88. The van der Waals surface area contributed by atoms with Crippen LogP contribution in [0.15, 0.2) is 54.6 Å². The van der Waals surface area contributed by atoms with E-state index in [1.54, 1.807) is 12.1 Å². The lowest BCUT2D eigenvalue weighted by molar-refractivity contribution is -0.137. The van der Waals surface area contributed by atoms with E-state index in [-0.39, 0.29) is 12.0 Å². The van der Waals surface area contributed by atoms with Gasteiger partial charge in [0.2, 0.25) is 0 Å². The van der Waals surface area contributed by atoms with Crippen molar-refractivity contribution >= 4 is 0 Å². The van der Waals surface area contributed by atoms with Gasteiger partial charge in [0.05, 0.1) is 5.56 Å². The Bertz CT molecular complexity index is 638. The van der Waals surface area contributed by atoms with E-state index in [1.807, 2.05) is 18.2 Å². The van der Waals surface area contributed by atoms with Crippen LogP contribution in [0.4, 0.5) is 13.2 Å². The first-order chi connectivity index (χ1) is 10.9. The number of rotatable bonds is 3. The van der Waals surface area contributed by atoms with E-state index in [1.165, 1.54) is 5.56 Å². The quantitative estimate of drug-likeness (QED) is 0.936. The molecule has 2 aromatic rings. The van der Waals surface area contributed by atoms with Gasteiger partial charge in [-0.15, -0.1) is 0 Å². The zero-order chi connectivity index (χ0) is 16.4. The molecule has 23 heavy (non-hydrogen) atoms. The van der Waals surface area contributed by atoms with E-state index in [4.69, 9.17) is 5.73 Å². The van der Waals surface area contributed by atoms with Crippen molar-refractivity contribution < 1.29 is 13.2 Å². The van der Waals surface area contributed by atoms with Crippen LogP contribution in [0, 0.1) is 0 Å². The maximum Gasteiger partial charge on any atom is 0.416 e. The van der Waals surface area contributed by atoms with Gasteiger partial charge in [0.25, 0.3) is 0 Å². The Morgan fingerprint density at radius 3 is 2.22 bits per heavy atom. The summed E-state index contributed by atoms with van der Waals surface area (Å²) in [6, 6.07) is 15.4. The van der Waals surface area contributed by atoms with Crippen LogP contribution in [-0.4, -0.2) is 24.0 Å². The van der Waals surface area contributed by atoms with Gasteiger partial charge in [-0.3, -0.25) is 4.90 Å². The summed E-state index contributed by atoms with van der Waals surface area (Å²) in [6.45, 7) is 2.33. The van der Waals surface area contributed by atoms with Crippen molar-refractivity contribution in [3.63, 3.8) is 0 Å². The predicted molar refractivity (Wildman–Crippen MR) is 83.9 cm³/mol. The Hall–Kier alpha value is -1.85. The Balaban J connectivity index is 1.69. The zero-order valence-electron chi connectivity index (χ0n) is 12.6. The first kappa shape index (κ1) is 16.0. The third-order valence-electron chi connectivity index (χ3n) is 4.36. The van der Waals surface area contributed by atoms with Crippen LogP contribution in [-0.2, 0) is 12.7 Å². The fourth-order valence-electron chi connectivity index (χ4n) is 3.16. The second-order valence-electron chi connectivity index (χ2n) is 6.07.